The highest BCUT2D eigenvalue weighted by Gasteiger charge is 2.24. The molecule has 4 heteroatoms. The Morgan fingerprint density at radius 2 is 1.95 bits per heavy atom. The molecular weight excluding hydrogens is 254 g/mol. The van der Waals surface area contributed by atoms with Crippen molar-refractivity contribution >= 4 is 0 Å². The van der Waals surface area contributed by atoms with Crippen molar-refractivity contribution in [3.63, 3.8) is 0 Å². The van der Waals surface area contributed by atoms with Crippen LogP contribution in [0.3, 0.4) is 0 Å². The van der Waals surface area contributed by atoms with Gasteiger partial charge in [-0.2, -0.15) is 0 Å². The number of nitrogens with one attached hydrogen (secondary N) is 1. The molecule has 0 atom stereocenters. The van der Waals surface area contributed by atoms with Crippen molar-refractivity contribution in [2.75, 3.05) is 21.0 Å². The number of benzene rings is 1. The molecule has 2 rings (SSSR count). The van der Waals surface area contributed by atoms with Crippen LogP contribution < -0.4 is 14.8 Å². The van der Waals surface area contributed by atoms with Crippen LogP contribution in [0.4, 0.5) is 0 Å². The first-order valence-corrected chi connectivity index (χ1v) is 6.85. The van der Waals surface area contributed by atoms with Crippen LogP contribution in [-0.2, 0) is 11.3 Å². The molecule has 1 aromatic carbocycles. The fraction of sp³-hybridized carbons (Fsp3) is 0.500. The van der Waals surface area contributed by atoms with Crippen LogP contribution in [0.5, 0.6) is 11.5 Å². The Balaban J connectivity index is 2.06. The molecule has 0 fully saturated rings. The van der Waals surface area contributed by atoms with Crippen molar-refractivity contribution in [1.29, 1.82) is 0 Å². The van der Waals surface area contributed by atoms with Gasteiger partial charge in [0.25, 0.3) is 0 Å². The molecule has 0 amide bonds. The minimum Gasteiger partial charge on any atom is -0.497 e. The molecule has 0 heterocycles. The second-order valence-electron chi connectivity index (χ2n) is 5.32. The quantitative estimate of drug-likeness (QED) is 0.614. The first kappa shape index (κ1) is 14.9. The summed E-state index contributed by atoms with van der Waals surface area (Å²) in [7, 11) is 3.29. The van der Waals surface area contributed by atoms with Gasteiger partial charge in [0.1, 0.15) is 11.5 Å². The monoisotopic (exact) mass is 277 g/mol. The van der Waals surface area contributed by atoms with Gasteiger partial charge >= 0.3 is 0 Å². The van der Waals surface area contributed by atoms with E-state index in [1.807, 2.05) is 18.2 Å². The molecule has 20 heavy (non-hydrogen) atoms. The van der Waals surface area contributed by atoms with E-state index in [9.17, 15) is 0 Å². The summed E-state index contributed by atoms with van der Waals surface area (Å²) in [5, 5.41) is 3.60. The molecule has 4 nitrogen and oxygen atoms in total. The van der Waals surface area contributed by atoms with E-state index < -0.39 is 0 Å². The SMILES string of the molecule is COCOc1ccc(OC)cc1CNC1(C)CC=CC1. The van der Waals surface area contributed by atoms with E-state index in [0.29, 0.717) is 0 Å². The van der Waals surface area contributed by atoms with Crippen LogP contribution in [0.1, 0.15) is 25.3 Å². The summed E-state index contributed by atoms with van der Waals surface area (Å²) < 4.78 is 15.9. The van der Waals surface area contributed by atoms with E-state index >= 15 is 0 Å². The third-order valence-corrected chi connectivity index (χ3v) is 3.61. The fourth-order valence-electron chi connectivity index (χ4n) is 2.31. The number of methoxy groups -OCH3 is 2. The van der Waals surface area contributed by atoms with Crippen molar-refractivity contribution in [2.24, 2.45) is 0 Å². The fourth-order valence-corrected chi connectivity index (χ4v) is 2.31. The molecule has 0 saturated heterocycles. The van der Waals surface area contributed by atoms with E-state index in [1.54, 1.807) is 14.2 Å². The van der Waals surface area contributed by atoms with E-state index in [0.717, 1.165) is 36.4 Å². The molecule has 0 aromatic heterocycles. The van der Waals surface area contributed by atoms with Crippen LogP contribution in [0.25, 0.3) is 0 Å². The van der Waals surface area contributed by atoms with Gasteiger partial charge in [-0.3, -0.25) is 0 Å². The lowest BCUT2D eigenvalue weighted by Crippen LogP contribution is -2.39. The number of ether oxygens (including phenoxy) is 3. The Hall–Kier alpha value is -1.52. The predicted molar refractivity (Wildman–Crippen MR) is 79.1 cm³/mol. The van der Waals surface area contributed by atoms with E-state index in [-0.39, 0.29) is 12.3 Å². The Morgan fingerprint density at radius 1 is 1.20 bits per heavy atom. The summed E-state index contributed by atoms with van der Waals surface area (Å²) >= 11 is 0. The van der Waals surface area contributed by atoms with Crippen molar-refractivity contribution in [3.8, 4) is 11.5 Å². The zero-order valence-corrected chi connectivity index (χ0v) is 12.4. The zero-order valence-electron chi connectivity index (χ0n) is 12.4. The van der Waals surface area contributed by atoms with E-state index in [2.05, 4.69) is 24.4 Å². The van der Waals surface area contributed by atoms with E-state index in [1.165, 1.54) is 0 Å². The molecule has 0 saturated carbocycles. The number of hydrogen-bond donors (Lipinski definition) is 1. The summed E-state index contributed by atoms with van der Waals surface area (Å²) in [5.41, 5.74) is 1.22. The third-order valence-electron chi connectivity index (χ3n) is 3.61. The topological polar surface area (TPSA) is 39.7 Å². The average Bonchev–Trinajstić information content (AvgIpc) is 2.90. The first-order valence-electron chi connectivity index (χ1n) is 6.85. The Morgan fingerprint density at radius 3 is 2.60 bits per heavy atom. The lowest BCUT2D eigenvalue weighted by atomic mass is 9.99. The van der Waals surface area contributed by atoms with E-state index in [4.69, 9.17) is 14.2 Å². The molecule has 1 aliphatic carbocycles. The van der Waals surface area contributed by atoms with Crippen molar-refractivity contribution in [2.45, 2.75) is 31.8 Å². The molecule has 1 aromatic rings. The van der Waals surface area contributed by atoms with Crippen LogP contribution in [0, 0.1) is 0 Å². The first-order chi connectivity index (χ1) is 9.67. The summed E-state index contributed by atoms with van der Waals surface area (Å²) in [6, 6.07) is 5.82. The molecule has 0 radical (unpaired) electrons. The molecule has 0 aliphatic heterocycles. The van der Waals surface area contributed by atoms with Gasteiger partial charge in [0.2, 0.25) is 0 Å². The van der Waals surface area contributed by atoms with Gasteiger partial charge < -0.3 is 19.5 Å². The smallest absolute Gasteiger partial charge is 0.188 e. The van der Waals surface area contributed by atoms with Gasteiger partial charge in [-0.25, -0.2) is 0 Å². The maximum absolute atomic E-state index is 5.60. The minimum atomic E-state index is 0.140. The molecule has 0 spiro atoms. The van der Waals surface area contributed by atoms with Crippen LogP contribution >= 0.6 is 0 Å². The van der Waals surface area contributed by atoms with Crippen LogP contribution in [0.2, 0.25) is 0 Å². The highest BCUT2D eigenvalue weighted by molar-refractivity contribution is 5.40. The van der Waals surface area contributed by atoms with Gasteiger partial charge in [0.15, 0.2) is 6.79 Å². The second kappa shape index (κ2) is 6.77. The Bertz CT molecular complexity index is 463. The third kappa shape index (κ3) is 3.74. The van der Waals surface area contributed by atoms with Crippen molar-refractivity contribution in [1.82, 2.24) is 5.32 Å². The van der Waals surface area contributed by atoms with Crippen LogP contribution in [-0.4, -0.2) is 26.6 Å². The summed E-state index contributed by atoms with van der Waals surface area (Å²) in [4.78, 5) is 0. The molecular formula is C16H23NO3. The molecule has 0 unspecified atom stereocenters. The summed E-state index contributed by atoms with van der Waals surface area (Å²) in [6.07, 6.45) is 6.57. The van der Waals surface area contributed by atoms with Crippen molar-refractivity contribution < 1.29 is 14.2 Å². The molecule has 1 aliphatic rings. The highest BCUT2D eigenvalue weighted by atomic mass is 16.7. The second-order valence-corrected chi connectivity index (χ2v) is 5.32. The maximum atomic E-state index is 5.60. The Labute approximate surface area is 120 Å². The summed E-state index contributed by atoms with van der Waals surface area (Å²) in [5.74, 6) is 1.66. The van der Waals surface area contributed by atoms with Gasteiger partial charge in [0.05, 0.1) is 7.11 Å². The normalized spacial score (nSPS) is 16.4. The number of rotatable bonds is 7. The molecule has 0 bridgehead atoms. The lowest BCUT2D eigenvalue weighted by molar-refractivity contribution is 0.0502. The van der Waals surface area contributed by atoms with Gasteiger partial charge in [-0.15, -0.1) is 0 Å². The minimum absolute atomic E-state index is 0.140. The summed E-state index contributed by atoms with van der Waals surface area (Å²) in [6.45, 7) is 3.23. The standard InChI is InChI=1S/C16H23NO3/c1-16(8-4-5-9-16)17-11-13-10-14(19-3)6-7-15(13)20-12-18-2/h4-7,10,17H,8-9,11-12H2,1-3H3. The zero-order chi connectivity index (χ0) is 14.4. The van der Waals surface area contributed by atoms with Crippen LogP contribution in [0.15, 0.2) is 30.4 Å². The molecule has 110 valence electrons. The largest absolute Gasteiger partial charge is 0.497 e. The predicted octanol–water partition coefficient (Wildman–Crippen LogP) is 2.88. The van der Waals surface area contributed by atoms with Gasteiger partial charge in [-0.1, -0.05) is 12.2 Å². The van der Waals surface area contributed by atoms with Gasteiger partial charge in [-0.05, 0) is 38.0 Å². The molecule has 1 N–H and O–H groups in total. The van der Waals surface area contributed by atoms with Gasteiger partial charge in [0, 0.05) is 24.8 Å². The Kier molecular flexibility index (Phi) is 5.04. The maximum Gasteiger partial charge on any atom is 0.188 e. The average molecular weight is 277 g/mol. The lowest BCUT2D eigenvalue weighted by Gasteiger charge is -2.26. The van der Waals surface area contributed by atoms with Crippen molar-refractivity contribution in [3.05, 3.63) is 35.9 Å². The highest BCUT2D eigenvalue weighted by Crippen LogP contribution is 2.27. The number of hydrogen-bond acceptors (Lipinski definition) is 4.